The minimum absolute atomic E-state index is 0.0140. The number of thiazole rings is 1. The Kier molecular flexibility index (Phi) is 7.15. The average Bonchev–Trinajstić information content (AvgIpc) is 3.76. The summed E-state index contributed by atoms with van der Waals surface area (Å²) in [5.74, 6) is -1.30. The highest BCUT2D eigenvalue weighted by molar-refractivity contribution is 8.00. The number of anilines is 2. The van der Waals surface area contributed by atoms with Gasteiger partial charge in [0.05, 0.1) is 22.5 Å². The van der Waals surface area contributed by atoms with Crippen molar-refractivity contribution < 1.29 is 19.1 Å². The second kappa shape index (κ2) is 11.1. The number of aromatic nitrogens is 1. The topological polar surface area (TPSA) is 109 Å². The number of H-pyrrole nitrogens is 1. The fourth-order valence-corrected chi connectivity index (χ4v) is 11.3. The second-order valence-electron chi connectivity index (χ2n) is 12.7. The van der Waals surface area contributed by atoms with Crippen molar-refractivity contribution in [1.29, 1.82) is 0 Å². The lowest BCUT2D eigenvalue weighted by molar-refractivity contribution is -0.123. The van der Waals surface area contributed by atoms with Crippen molar-refractivity contribution in [2.45, 2.75) is 36.5 Å². The summed E-state index contributed by atoms with van der Waals surface area (Å²) in [4.78, 5) is 58.8. The number of hydrogen-bond donors (Lipinski definition) is 2. The predicted octanol–water partition coefficient (Wildman–Crippen LogP) is 6.40. The van der Waals surface area contributed by atoms with Crippen LogP contribution in [0.15, 0.2) is 76.6 Å². The molecule has 7 atom stereocenters. The van der Waals surface area contributed by atoms with E-state index >= 15 is 0 Å². The first-order valence-electron chi connectivity index (χ1n) is 15.3. The van der Waals surface area contributed by atoms with Gasteiger partial charge in [0.25, 0.3) is 5.91 Å². The average molecular weight is 672 g/mol. The summed E-state index contributed by atoms with van der Waals surface area (Å²) >= 11 is 9.38. The Hall–Kier alpha value is -3.86. The smallest absolute Gasteiger partial charge is 0.305 e. The summed E-state index contributed by atoms with van der Waals surface area (Å²) in [6.45, 7) is 3.71. The molecule has 3 fully saturated rings. The first-order chi connectivity index (χ1) is 22.2. The second-order valence-corrected chi connectivity index (χ2v) is 15.3. The van der Waals surface area contributed by atoms with E-state index < -0.39 is 5.92 Å². The largest absolute Gasteiger partial charge is 0.483 e. The fraction of sp³-hybridized carbons (Fsp3) is 0.314. The first kappa shape index (κ1) is 29.5. The lowest BCUT2D eigenvalue weighted by Gasteiger charge is -2.43. The standard InChI is InChI=1S/C35H30ClN3O5S2/c1-16-6-9-20(10-7-16)39-33(41)28-22-14-23(29(28)34(39)42)30-27(22)26(31-32(45-30)38-35(43)46-31)21-13-18(36)8-11-24(21)44-15-25(40)37-19-5-3-4-17(2)12-19/h3-13,22-23,26-30H,14-15H2,1-2H3,(H,37,40)(H,38,43)/t22-,23-,26-,27?,28?,29?,30?/m1/s1. The maximum Gasteiger partial charge on any atom is 0.305 e. The number of amides is 3. The third kappa shape index (κ3) is 4.72. The van der Waals surface area contributed by atoms with Crippen LogP contribution in [-0.4, -0.2) is 34.6 Å². The molecule has 46 heavy (non-hydrogen) atoms. The maximum atomic E-state index is 14.1. The van der Waals surface area contributed by atoms with E-state index in [4.69, 9.17) is 16.3 Å². The Balaban J connectivity index is 1.14. The Morgan fingerprint density at radius 2 is 1.74 bits per heavy atom. The number of carbonyl (C=O) groups is 3. The Labute approximate surface area is 278 Å². The van der Waals surface area contributed by atoms with Gasteiger partial charge in [0, 0.05) is 32.3 Å². The summed E-state index contributed by atoms with van der Waals surface area (Å²) in [5, 5.41) is 4.19. The molecule has 3 amide bonds. The van der Waals surface area contributed by atoms with E-state index in [-0.39, 0.29) is 64.0 Å². The van der Waals surface area contributed by atoms with E-state index in [2.05, 4.69) is 10.3 Å². The van der Waals surface area contributed by atoms with Crippen LogP contribution in [-0.2, 0) is 14.4 Å². The minimum Gasteiger partial charge on any atom is -0.483 e. The number of rotatable bonds is 6. The quantitative estimate of drug-likeness (QED) is 0.230. The molecule has 3 heterocycles. The molecule has 2 aliphatic carbocycles. The summed E-state index contributed by atoms with van der Waals surface area (Å²) in [5.41, 5.74) is 4.16. The highest BCUT2D eigenvalue weighted by Crippen LogP contribution is 2.69. The van der Waals surface area contributed by atoms with Crippen LogP contribution in [0, 0.1) is 43.4 Å². The maximum absolute atomic E-state index is 14.1. The molecule has 1 aromatic heterocycles. The van der Waals surface area contributed by atoms with Gasteiger partial charge in [-0.3, -0.25) is 24.1 Å². The minimum atomic E-state index is -0.427. The van der Waals surface area contributed by atoms with Gasteiger partial charge in [-0.15, -0.1) is 11.8 Å². The molecule has 4 aliphatic rings. The normalized spacial score (nSPS) is 27.4. The molecule has 2 N–H and O–H groups in total. The number of nitrogens with one attached hydrogen (secondary N) is 2. The number of hydrogen-bond acceptors (Lipinski definition) is 7. The van der Waals surface area contributed by atoms with Crippen LogP contribution >= 0.6 is 34.7 Å². The Morgan fingerprint density at radius 3 is 2.50 bits per heavy atom. The highest BCUT2D eigenvalue weighted by Gasteiger charge is 2.69. The third-order valence-electron chi connectivity index (χ3n) is 9.98. The number of carbonyl (C=O) groups excluding carboxylic acids is 3. The number of ether oxygens (including phenoxy) is 1. The molecular weight excluding hydrogens is 642 g/mol. The summed E-state index contributed by atoms with van der Waals surface area (Å²) < 4.78 is 6.18. The first-order valence-corrected chi connectivity index (χ1v) is 17.4. The van der Waals surface area contributed by atoms with Gasteiger partial charge in [-0.25, -0.2) is 0 Å². The zero-order valence-electron chi connectivity index (χ0n) is 25.0. The fourth-order valence-electron chi connectivity index (χ4n) is 8.27. The molecule has 3 aromatic carbocycles. The third-order valence-corrected chi connectivity index (χ3v) is 12.8. The van der Waals surface area contributed by atoms with Crippen molar-refractivity contribution in [2.24, 2.45) is 29.6 Å². The van der Waals surface area contributed by atoms with Crippen molar-refractivity contribution in [3.63, 3.8) is 0 Å². The van der Waals surface area contributed by atoms with Gasteiger partial charge in [-0.2, -0.15) is 0 Å². The number of aryl methyl sites for hydroxylation is 2. The van der Waals surface area contributed by atoms with Gasteiger partial charge in [0.2, 0.25) is 11.8 Å². The molecule has 1 saturated heterocycles. The number of halogens is 1. The molecule has 0 spiro atoms. The van der Waals surface area contributed by atoms with Crippen LogP contribution in [0.5, 0.6) is 5.75 Å². The zero-order valence-corrected chi connectivity index (χ0v) is 27.4. The van der Waals surface area contributed by atoms with Crippen molar-refractivity contribution in [1.82, 2.24) is 4.98 Å². The van der Waals surface area contributed by atoms with Crippen molar-refractivity contribution in [3.8, 4) is 5.75 Å². The van der Waals surface area contributed by atoms with Crippen LogP contribution in [0.1, 0.15) is 33.9 Å². The molecule has 8 nitrogen and oxygen atoms in total. The number of aromatic amines is 1. The van der Waals surface area contributed by atoms with E-state index in [9.17, 15) is 19.2 Å². The van der Waals surface area contributed by atoms with Crippen molar-refractivity contribution in [2.75, 3.05) is 16.8 Å². The number of benzene rings is 3. The Bertz CT molecular complexity index is 1970. The van der Waals surface area contributed by atoms with Gasteiger partial charge in [-0.05, 0) is 86.1 Å². The number of fused-ring (bicyclic) bond motifs is 9. The predicted molar refractivity (Wildman–Crippen MR) is 179 cm³/mol. The van der Waals surface area contributed by atoms with Gasteiger partial charge < -0.3 is 15.0 Å². The molecule has 2 saturated carbocycles. The van der Waals surface area contributed by atoms with Crippen LogP contribution in [0.25, 0.3) is 0 Å². The molecule has 8 rings (SSSR count). The van der Waals surface area contributed by atoms with Gasteiger partial charge in [0.1, 0.15) is 5.75 Å². The molecular formula is C35H30ClN3O5S2. The van der Waals surface area contributed by atoms with E-state index in [0.29, 0.717) is 22.1 Å². The summed E-state index contributed by atoms with van der Waals surface area (Å²) in [6.07, 6.45) is 0.766. The zero-order chi connectivity index (χ0) is 31.9. The van der Waals surface area contributed by atoms with Crippen LogP contribution in [0.2, 0.25) is 5.02 Å². The van der Waals surface area contributed by atoms with E-state index in [1.165, 1.54) is 4.90 Å². The van der Waals surface area contributed by atoms with Crippen LogP contribution in [0.4, 0.5) is 11.4 Å². The monoisotopic (exact) mass is 671 g/mol. The molecule has 4 aromatic rings. The molecule has 2 bridgehead atoms. The number of thioether (sulfide) groups is 1. The van der Waals surface area contributed by atoms with Crippen LogP contribution < -0.4 is 19.8 Å². The van der Waals surface area contributed by atoms with E-state index in [1.807, 2.05) is 68.4 Å². The van der Waals surface area contributed by atoms with Gasteiger partial charge in [-0.1, -0.05) is 52.8 Å². The summed E-state index contributed by atoms with van der Waals surface area (Å²) in [7, 11) is 0. The van der Waals surface area contributed by atoms with Gasteiger partial charge in [0.15, 0.2) is 6.61 Å². The van der Waals surface area contributed by atoms with Crippen molar-refractivity contribution >= 4 is 63.8 Å². The lowest BCUT2D eigenvalue weighted by atomic mass is 9.68. The Morgan fingerprint density at radius 1 is 0.978 bits per heavy atom. The molecule has 11 heteroatoms. The molecule has 4 unspecified atom stereocenters. The highest BCUT2D eigenvalue weighted by atomic mass is 35.5. The van der Waals surface area contributed by atoms with Gasteiger partial charge >= 0.3 is 4.87 Å². The summed E-state index contributed by atoms with van der Waals surface area (Å²) in [6, 6.07) is 20.4. The van der Waals surface area contributed by atoms with E-state index in [0.717, 1.165) is 44.4 Å². The lowest BCUT2D eigenvalue weighted by Crippen LogP contribution is -2.42. The number of nitrogens with zero attached hydrogens (tertiary/aromatic N) is 1. The number of imide groups is 1. The molecule has 2 aliphatic heterocycles. The molecule has 0 radical (unpaired) electrons. The SMILES string of the molecule is Cc1ccc(N2C(=O)C3C(C2=O)[C@@H]2C[C@H]3C3Sc4[nH]c(=O)sc4[C@H](c4cc(Cl)ccc4OCC(=O)Nc4cccc(C)c4)C32)cc1. The van der Waals surface area contributed by atoms with Crippen LogP contribution in [0.3, 0.4) is 0 Å². The van der Waals surface area contributed by atoms with E-state index in [1.54, 1.807) is 23.9 Å². The molecule has 234 valence electrons. The van der Waals surface area contributed by atoms with Crippen molar-refractivity contribution in [3.05, 3.63) is 103 Å².